The molecule has 2 aromatic carbocycles. The highest BCUT2D eigenvalue weighted by Crippen LogP contribution is 2.20. The Labute approximate surface area is 186 Å². The molecule has 8 heteroatoms. The molecule has 32 heavy (non-hydrogen) atoms. The number of nitrogens with zero attached hydrogens (tertiary/aromatic N) is 4. The maximum absolute atomic E-state index is 12.2. The van der Waals surface area contributed by atoms with Crippen LogP contribution in [0.5, 0.6) is 5.75 Å². The molecule has 4 aromatic rings. The zero-order valence-corrected chi connectivity index (χ0v) is 17.9. The number of nitrogens with one attached hydrogen (secondary N) is 1. The Hall–Kier alpha value is -3.94. The molecule has 0 saturated heterocycles. The number of aromatic nitrogens is 4. The fraction of sp³-hybridized carbons (Fsp3) is 0.250. The third-order valence-corrected chi connectivity index (χ3v) is 4.90. The minimum Gasteiger partial charge on any atom is -0.494 e. The second-order valence-corrected chi connectivity index (χ2v) is 7.19. The van der Waals surface area contributed by atoms with Crippen LogP contribution in [0.15, 0.2) is 71.5 Å². The average Bonchev–Trinajstić information content (AvgIpc) is 3.52. The zero-order chi connectivity index (χ0) is 22.2. The van der Waals surface area contributed by atoms with Gasteiger partial charge in [0.1, 0.15) is 5.75 Å². The van der Waals surface area contributed by atoms with Gasteiger partial charge in [-0.1, -0.05) is 17.3 Å². The molecule has 0 fully saturated rings. The van der Waals surface area contributed by atoms with Crippen molar-refractivity contribution in [2.75, 3.05) is 13.2 Å². The van der Waals surface area contributed by atoms with E-state index in [1.165, 1.54) is 0 Å². The van der Waals surface area contributed by atoms with Crippen molar-refractivity contribution in [1.82, 2.24) is 25.2 Å². The first-order chi connectivity index (χ1) is 15.7. The van der Waals surface area contributed by atoms with Gasteiger partial charge in [0.05, 0.1) is 12.3 Å². The maximum Gasteiger partial charge on any atom is 0.227 e. The lowest BCUT2D eigenvalue weighted by Gasteiger charge is -2.06. The summed E-state index contributed by atoms with van der Waals surface area (Å²) in [7, 11) is 0. The van der Waals surface area contributed by atoms with Crippen molar-refractivity contribution in [2.45, 2.75) is 26.2 Å². The average molecular weight is 431 g/mol. The second kappa shape index (κ2) is 10.4. The Balaban J connectivity index is 1.20. The van der Waals surface area contributed by atoms with Gasteiger partial charge < -0.3 is 14.6 Å². The van der Waals surface area contributed by atoms with E-state index in [0.29, 0.717) is 37.7 Å². The SMILES string of the molecule is CCOc1ccc(-c2noc(CCC(=O)NCCc3ccc(-n4cccn4)cc3)n2)cc1. The van der Waals surface area contributed by atoms with Crippen LogP contribution in [0.25, 0.3) is 17.1 Å². The summed E-state index contributed by atoms with van der Waals surface area (Å²) in [5.74, 6) is 1.70. The third kappa shape index (κ3) is 5.60. The lowest BCUT2D eigenvalue weighted by atomic mass is 10.1. The van der Waals surface area contributed by atoms with E-state index in [1.54, 1.807) is 6.20 Å². The summed E-state index contributed by atoms with van der Waals surface area (Å²) >= 11 is 0. The number of hydrogen-bond acceptors (Lipinski definition) is 6. The molecule has 8 nitrogen and oxygen atoms in total. The normalized spacial score (nSPS) is 10.8. The van der Waals surface area contributed by atoms with E-state index in [-0.39, 0.29) is 5.91 Å². The summed E-state index contributed by atoms with van der Waals surface area (Å²) in [6.07, 6.45) is 5.10. The fourth-order valence-electron chi connectivity index (χ4n) is 3.23. The summed E-state index contributed by atoms with van der Waals surface area (Å²) in [5.41, 5.74) is 3.00. The molecule has 164 valence electrons. The van der Waals surface area contributed by atoms with Gasteiger partial charge in [-0.15, -0.1) is 0 Å². The molecule has 2 aromatic heterocycles. The van der Waals surface area contributed by atoms with Crippen molar-refractivity contribution in [3.8, 4) is 22.8 Å². The van der Waals surface area contributed by atoms with Crippen LogP contribution in [0.4, 0.5) is 0 Å². The predicted octanol–water partition coefficient (Wildman–Crippen LogP) is 3.61. The number of benzene rings is 2. The van der Waals surface area contributed by atoms with Gasteiger partial charge in [0.15, 0.2) is 0 Å². The summed E-state index contributed by atoms with van der Waals surface area (Å²) < 4.78 is 12.5. The molecule has 0 atom stereocenters. The summed E-state index contributed by atoms with van der Waals surface area (Å²) in [6.45, 7) is 3.13. The van der Waals surface area contributed by atoms with Crippen LogP contribution < -0.4 is 10.1 Å². The predicted molar refractivity (Wildman–Crippen MR) is 120 cm³/mol. The van der Waals surface area contributed by atoms with Crippen molar-refractivity contribution in [3.05, 3.63) is 78.4 Å². The molecule has 0 aliphatic rings. The molecule has 0 radical (unpaired) electrons. The molecular weight excluding hydrogens is 406 g/mol. The lowest BCUT2D eigenvalue weighted by molar-refractivity contribution is -0.121. The molecule has 0 aliphatic heterocycles. The number of hydrogen-bond donors (Lipinski definition) is 1. The third-order valence-electron chi connectivity index (χ3n) is 4.90. The van der Waals surface area contributed by atoms with Gasteiger partial charge in [-0.3, -0.25) is 4.79 Å². The quantitative estimate of drug-likeness (QED) is 0.412. The standard InChI is InChI=1S/C24H25N5O3/c1-2-31-21-10-6-19(7-11-21)24-27-23(32-28-24)13-12-22(30)25-16-14-18-4-8-20(9-5-18)29-17-3-15-26-29/h3-11,15,17H,2,12-14,16H2,1H3,(H,25,30). The minimum atomic E-state index is -0.0426. The Kier molecular flexibility index (Phi) is 6.91. The highest BCUT2D eigenvalue weighted by molar-refractivity contribution is 5.76. The monoisotopic (exact) mass is 431 g/mol. The van der Waals surface area contributed by atoms with Gasteiger partial charge in [-0.2, -0.15) is 10.1 Å². The smallest absolute Gasteiger partial charge is 0.227 e. The number of rotatable bonds is 10. The Morgan fingerprint density at radius 1 is 1.09 bits per heavy atom. The Morgan fingerprint density at radius 3 is 2.62 bits per heavy atom. The van der Waals surface area contributed by atoms with Crippen molar-refractivity contribution >= 4 is 5.91 Å². The van der Waals surface area contributed by atoms with Crippen LogP contribution in [-0.4, -0.2) is 39.0 Å². The van der Waals surface area contributed by atoms with E-state index in [0.717, 1.165) is 29.0 Å². The second-order valence-electron chi connectivity index (χ2n) is 7.19. The molecular formula is C24H25N5O3. The highest BCUT2D eigenvalue weighted by atomic mass is 16.5. The van der Waals surface area contributed by atoms with E-state index in [4.69, 9.17) is 9.26 Å². The van der Waals surface area contributed by atoms with Crippen molar-refractivity contribution in [1.29, 1.82) is 0 Å². The topological polar surface area (TPSA) is 95.1 Å². The molecule has 0 aliphatic carbocycles. The van der Waals surface area contributed by atoms with Gasteiger partial charge in [-0.25, -0.2) is 4.68 Å². The van der Waals surface area contributed by atoms with Gasteiger partial charge >= 0.3 is 0 Å². The highest BCUT2D eigenvalue weighted by Gasteiger charge is 2.11. The first-order valence-corrected chi connectivity index (χ1v) is 10.6. The summed E-state index contributed by atoms with van der Waals surface area (Å²) in [4.78, 5) is 16.5. The molecule has 1 amide bonds. The van der Waals surface area contributed by atoms with Crippen molar-refractivity contribution in [2.24, 2.45) is 0 Å². The first kappa shape index (κ1) is 21.3. The summed E-state index contributed by atoms with van der Waals surface area (Å²) in [5, 5.41) is 11.2. The van der Waals surface area contributed by atoms with E-state index in [9.17, 15) is 4.79 Å². The molecule has 0 saturated carbocycles. The number of ether oxygens (including phenoxy) is 1. The maximum atomic E-state index is 12.2. The molecule has 0 bridgehead atoms. The van der Waals surface area contributed by atoms with E-state index in [2.05, 4.69) is 20.6 Å². The van der Waals surface area contributed by atoms with Crippen LogP contribution in [0, 0.1) is 0 Å². The molecule has 0 unspecified atom stereocenters. The largest absolute Gasteiger partial charge is 0.494 e. The van der Waals surface area contributed by atoms with Crippen molar-refractivity contribution in [3.63, 3.8) is 0 Å². The lowest BCUT2D eigenvalue weighted by Crippen LogP contribution is -2.25. The Morgan fingerprint density at radius 2 is 1.91 bits per heavy atom. The number of carbonyl (C=O) groups excluding carboxylic acids is 1. The molecule has 2 heterocycles. The van der Waals surface area contributed by atoms with Gasteiger partial charge in [0, 0.05) is 37.3 Å². The number of carbonyl (C=O) groups is 1. The first-order valence-electron chi connectivity index (χ1n) is 10.6. The van der Waals surface area contributed by atoms with Crippen LogP contribution in [-0.2, 0) is 17.6 Å². The minimum absolute atomic E-state index is 0.0426. The van der Waals surface area contributed by atoms with Gasteiger partial charge in [-0.05, 0) is 61.4 Å². The molecule has 4 rings (SSSR count). The molecule has 0 spiro atoms. The summed E-state index contributed by atoms with van der Waals surface area (Å²) in [6, 6.07) is 17.5. The van der Waals surface area contributed by atoms with Crippen molar-refractivity contribution < 1.29 is 14.1 Å². The zero-order valence-electron chi connectivity index (χ0n) is 17.9. The van der Waals surface area contributed by atoms with Crippen LogP contribution in [0.3, 0.4) is 0 Å². The van der Waals surface area contributed by atoms with Crippen LogP contribution >= 0.6 is 0 Å². The fourth-order valence-corrected chi connectivity index (χ4v) is 3.23. The number of amides is 1. The van der Waals surface area contributed by atoms with Crippen LogP contribution in [0.2, 0.25) is 0 Å². The van der Waals surface area contributed by atoms with Crippen LogP contribution in [0.1, 0.15) is 24.8 Å². The number of aryl methyl sites for hydroxylation is 1. The molecule has 1 N–H and O–H groups in total. The van der Waals surface area contributed by atoms with E-state index >= 15 is 0 Å². The van der Waals surface area contributed by atoms with E-state index in [1.807, 2.05) is 72.4 Å². The Bertz CT molecular complexity index is 1120. The van der Waals surface area contributed by atoms with Gasteiger partial charge in [0.25, 0.3) is 0 Å². The van der Waals surface area contributed by atoms with E-state index < -0.39 is 0 Å². The van der Waals surface area contributed by atoms with Gasteiger partial charge in [0.2, 0.25) is 17.6 Å².